The van der Waals surface area contributed by atoms with Crippen LogP contribution in [0.5, 0.6) is 0 Å². The van der Waals surface area contributed by atoms with E-state index < -0.39 is 6.04 Å². The molecule has 0 aliphatic carbocycles. The van der Waals surface area contributed by atoms with E-state index in [9.17, 15) is 9.59 Å². The minimum absolute atomic E-state index is 0.239. The van der Waals surface area contributed by atoms with E-state index >= 15 is 0 Å². The molecule has 4 nitrogen and oxygen atoms in total. The van der Waals surface area contributed by atoms with Crippen LogP contribution in [0.15, 0.2) is 22.7 Å². The van der Waals surface area contributed by atoms with Crippen LogP contribution < -0.4 is 10.6 Å². The molecule has 0 aliphatic heterocycles. The Labute approximate surface area is 132 Å². The highest BCUT2D eigenvalue weighted by atomic mass is 79.9. The van der Waals surface area contributed by atoms with Gasteiger partial charge >= 0.3 is 0 Å². The highest BCUT2D eigenvalue weighted by Crippen LogP contribution is 2.25. The van der Waals surface area contributed by atoms with Crippen molar-refractivity contribution in [1.82, 2.24) is 10.6 Å². The third-order valence-corrected chi connectivity index (χ3v) is 3.73. The Hall–Kier alpha value is -1.07. The molecule has 2 amide bonds. The first kappa shape index (κ1) is 17.0. The lowest BCUT2D eigenvalue weighted by atomic mass is 10.1. The second-order valence-electron chi connectivity index (χ2n) is 5.54. The van der Waals surface area contributed by atoms with E-state index in [0.717, 1.165) is 0 Å². The van der Waals surface area contributed by atoms with Gasteiger partial charge in [0.05, 0.1) is 10.6 Å². The van der Waals surface area contributed by atoms with Crippen molar-refractivity contribution in [3.8, 4) is 0 Å². The molecular formula is C14H18BrClN2O2. The lowest BCUT2D eigenvalue weighted by molar-refractivity contribution is -0.124. The minimum atomic E-state index is -0.642. The van der Waals surface area contributed by atoms with Crippen molar-refractivity contribution in [2.75, 3.05) is 0 Å². The molecule has 1 rings (SSSR count). The van der Waals surface area contributed by atoms with Crippen molar-refractivity contribution in [3.05, 3.63) is 33.3 Å². The Morgan fingerprint density at radius 2 is 1.90 bits per heavy atom. The zero-order valence-electron chi connectivity index (χ0n) is 11.9. The summed E-state index contributed by atoms with van der Waals surface area (Å²) in [4.78, 5) is 24.0. The molecule has 0 aromatic heterocycles. The second kappa shape index (κ2) is 6.59. The average molecular weight is 362 g/mol. The van der Waals surface area contributed by atoms with Gasteiger partial charge in [-0.05, 0) is 55.8 Å². The normalized spacial score (nSPS) is 12.7. The van der Waals surface area contributed by atoms with Crippen LogP contribution in [0.25, 0.3) is 0 Å². The highest BCUT2D eigenvalue weighted by molar-refractivity contribution is 9.10. The number of carbonyl (C=O) groups excluding carboxylic acids is 2. The largest absolute Gasteiger partial charge is 0.350 e. The monoisotopic (exact) mass is 360 g/mol. The standard InChI is InChI=1S/C14H18BrClN2O2/c1-8(12(19)18-14(2,3)4)17-13(20)9-6-5-7-10(15)11(9)16/h5-8H,1-4H3,(H,17,20)(H,18,19). The topological polar surface area (TPSA) is 58.2 Å². The van der Waals surface area contributed by atoms with Crippen LogP contribution in [0.3, 0.4) is 0 Å². The van der Waals surface area contributed by atoms with Crippen molar-refractivity contribution < 1.29 is 9.59 Å². The van der Waals surface area contributed by atoms with Crippen LogP contribution in [-0.2, 0) is 4.79 Å². The van der Waals surface area contributed by atoms with E-state index in [2.05, 4.69) is 26.6 Å². The van der Waals surface area contributed by atoms with Gasteiger partial charge in [-0.2, -0.15) is 0 Å². The number of benzene rings is 1. The maximum Gasteiger partial charge on any atom is 0.253 e. The third kappa shape index (κ3) is 4.80. The van der Waals surface area contributed by atoms with E-state index in [1.165, 1.54) is 0 Å². The van der Waals surface area contributed by atoms with Gasteiger partial charge in [0.25, 0.3) is 5.91 Å². The number of hydrogen-bond acceptors (Lipinski definition) is 2. The third-order valence-electron chi connectivity index (χ3n) is 2.44. The van der Waals surface area contributed by atoms with Crippen molar-refractivity contribution >= 4 is 39.3 Å². The van der Waals surface area contributed by atoms with Crippen molar-refractivity contribution in [1.29, 1.82) is 0 Å². The SMILES string of the molecule is CC(NC(=O)c1cccc(Br)c1Cl)C(=O)NC(C)(C)C. The van der Waals surface area contributed by atoms with Gasteiger partial charge in [-0.25, -0.2) is 0 Å². The van der Waals surface area contributed by atoms with Gasteiger partial charge in [0.1, 0.15) is 6.04 Å². The van der Waals surface area contributed by atoms with Gasteiger partial charge in [-0.15, -0.1) is 0 Å². The first-order chi connectivity index (χ1) is 9.11. The summed E-state index contributed by atoms with van der Waals surface area (Å²) < 4.78 is 0.638. The van der Waals surface area contributed by atoms with Crippen LogP contribution in [0.2, 0.25) is 5.02 Å². The summed E-state index contributed by atoms with van der Waals surface area (Å²) in [6, 6.07) is 4.42. The molecule has 0 fully saturated rings. The molecule has 0 radical (unpaired) electrons. The van der Waals surface area contributed by atoms with Crippen LogP contribution in [0, 0.1) is 0 Å². The van der Waals surface area contributed by atoms with Crippen LogP contribution in [-0.4, -0.2) is 23.4 Å². The molecular weight excluding hydrogens is 344 g/mol. The molecule has 110 valence electrons. The first-order valence-corrected chi connectivity index (χ1v) is 7.36. The van der Waals surface area contributed by atoms with Crippen molar-refractivity contribution in [3.63, 3.8) is 0 Å². The lowest BCUT2D eigenvalue weighted by Gasteiger charge is -2.23. The Bertz CT molecular complexity index is 526. The Kier molecular flexibility index (Phi) is 5.59. The van der Waals surface area contributed by atoms with Gasteiger partial charge in [0.2, 0.25) is 5.91 Å². The predicted molar refractivity (Wildman–Crippen MR) is 84.0 cm³/mol. The summed E-state index contributed by atoms with van der Waals surface area (Å²) >= 11 is 9.31. The van der Waals surface area contributed by atoms with Gasteiger partial charge in [0.15, 0.2) is 0 Å². The van der Waals surface area contributed by atoms with E-state index in [4.69, 9.17) is 11.6 Å². The van der Waals surface area contributed by atoms with Gasteiger partial charge in [-0.1, -0.05) is 17.7 Å². The van der Waals surface area contributed by atoms with E-state index in [1.807, 2.05) is 20.8 Å². The van der Waals surface area contributed by atoms with E-state index in [-0.39, 0.29) is 17.4 Å². The number of halogens is 2. The van der Waals surface area contributed by atoms with Crippen LogP contribution in [0.4, 0.5) is 0 Å². The summed E-state index contributed by atoms with van der Waals surface area (Å²) in [5.74, 6) is -0.621. The Morgan fingerprint density at radius 1 is 1.30 bits per heavy atom. The molecule has 0 aliphatic rings. The highest BCUT2D eigenvalue weighted by Gasteiger charge is 2.22. The second-order valence-corrected chi connectivity index (χ2v) is 6.77. The molecule has 0 spiro atoms. The van der Waals surface area contributed by atoms with Gasteiger partial charge < -0.3 is 10.6 Å². The summed E-state index contributed by atoms with van der Waals surface area (Å²) in [6.45, 7) is 7.27. The zero-order valence-corrected chi connectivity index (χ0v) is 14.2. The maximum absolute atomic E-state index is 12.1. The molecule has 2 N–H and O–H groups in total. The van der Waals surface area contributed by atoms with E-state index in [0.29, 0.717) is 15.1 Å². The Morgan fingerprint density at radius 3 is 2.45 bits per heavy atom. The van der Waals surface area contributed by atoms with Gasteiger partial charge in [-0.3, -0.25) is 9.59 Å². The van der Waals surface area contributed by atoms with Crippen LogP contribution >= 0.6 is 27.5 Å². The number of nitrogens with one attached hydrogen (secondary N) is 2. The average Bonchev–Trinajstić information content (AvgIpc) is 2.30. The van der Waals surface area contributed by atoms with Crippen molar-refractivity contribution in [2.45, 2.75) is 39.3 Å². The molecule has 1 unspecified atom stereocenters. The smallest absolute Gasteiger partial charge is 0.253 e. The quantitative estimate of drug-likeness (QED) is 0.869. The molecule has 1 aromatic rings. The summed E-state index contributed by atoms with van der Waals surface area (Å²) in [5.41, 5.74) is -0.0137. The van der Waals surface area contributed by atoms with E-state index in [1.54, 1.807) is 25.1 Å². The summed E-state index contributed by atoms with van der Waals surface area (Å²) in [7, 11) is 0. The summed E-state index contributed by atoms with van der Waals surface area (Å²) in [6.07, 6.45) is 0. The Balaban J connectivity index is 2.76. The molecule has 20 heavy (non-hydrogen) atoms. The molecule has 0 saturated carbocycles. The lowest BCUT2D eigenvalue weighted by Crippen LogP contribution is -2.50. The fourth-order valence-corrected chi connectivity index (χ4v) is 2.07. The molecule has 0 bridgehead atoms. The summed E-state index contributed by atoms with van der Waals surface area (Å²) in [5, 5.41) is 5.76. The van der Waals surface area contributed by atoms with Gasteiger partial charge in [0, 0.05) is 10.0 Å². The fourth-order valence-electron chi connectivity index (χ4n) is 1.50. The number of rotatable bonds is 3. The molecule has 1 aromatic carbocycles. The fraction of sp³-hybridized carbons (Fsp3) is 0.429. The predicted octanol–water partition coefficient (Wildman–Crippen LogP) is 3.14. The minimum Gasteiger partial charge on any atom is -0.350 e. The van der Waals surface area contributed by atoms with Crippen molar-refractivity contribution in [2.24, 2.45) is 0 Å². The number of amides is 2. The number of hydrogen-bond donors (Lipinski definition) is 2. The molecule has 0 saturated heterocycles. The first-order valence-electron chi connectivity index (χ1n) is 6.18. The number of carbonyl (C=O) groups is 2. The zero-order chi connectivity index (χ0) is 15.5. The molecule has 6 heteroatoms. The molecule has 0 heterocycles. The molecule has 1 atom stereocenters. The maximum atomic E-state index is 12.1. The van der Waals surface area contributed by atoms with Crippen LogP contribution in [0.1, 0.15) is 38.1 Å².